The van der Waals surface area contributed by atoms with Gasteiger partial charge < -0.3 is 15.5 Å². The summed E-state index contributed by atoms with van der Waals surface area (Å²) in [5, 5.41) is 8.26. The molecule has 2 atom stereocenters. The van der Waals surface area contributed by atoms with Crippen molar-refractivity contribution in [2.24, 2.45) is 0 Å². The van der Waals surface area contributed by atoms with E-state index in [1.807, 2.05) is 42.5 Å². The maximum absolute atomic E-state index is 12.8. The maximum atomic E-state index is 12.8. The Morgan fingerprint density at radius 2 is 1.94 bits per heavy atom. The van der Waals surface area contributed by atoms with E-state index < -0.39 is 18.0 Å². The number of nitrogens with one attached hydrogen (secondary N) is 3. The zero-order valence-electron chi connectivity index (χ0n) is 17.2. The van der Waals surface area contributed by atoms with E-state index in [1.165, 1.54) is 4.90 Å². The second-order valence-electron chi connectivity index (χ2n) is 7.74. The molecule has 0 saturated carbocycles. The SMILES string of the molecule is CN[C@H](C(=O)NCc1ccc2c(c1)CN(C1CCC(=O)NC1=O)C2=O)c1ccccc1. The highest BCUT2D eigenvalue weighted by Crippen LogP contribution is 2.28. The third kappa shape index (κ3) is 4.20. The molecule has 2 aliphatic rings. The number of imide groups is 1. The van der Waals surface area contributed by atoms with Crippen LogP contribution < -0.4 is 16.0 Å². The number of hydrogen-bond donors (Lipinski definition) is 3. The number of amides is 4. The van der Waals surface area contributed by atoms with E-state index in [0.29, 0.717) is 25.1 Å². The minimum Gasteiger partial charge on any atom is -0.350 e. The molecular weight excluding hydrogens is 396 g/mol. The van der Waals surface area contributed by atoms with E-state index >= 15 is 0 Å². The third-order valence-electron chi connectivity index (χ3n) is 5.74. The molecule has 8 heteroatoms. The number of hydrogen-bond acceptors (Lipinski definition) is 5. The van der Waals surface area contributed by atoms with Gasteiger partial charge >= 0.3 is 0 Å². The van der Waals surface area contributed by atoms with Gasteiger partial charge in [0.05, 0.1) is 0 Å². The molecule has 2 aromatic carbocycles. The van der Waals surface area contributed by atoms with Crippen LogP contribution in [0.3, 0.4) is 0 Å². The minimum atomic E-state index is -0.636. The van der Waals surface area contributed by atoms with Crippen LogP contribution in [0.15, 0.2) is 48.5 Å². The fourth-order valence-corrected chi connectivity index (χ4v) is 4.12. The van der Waals surface area contributed by atoms with E-state index in [2.05, 4.69) is 16.0 Å². The summed E-state index contributed by atoms with van der Waals surface area (Å²) < 4.78 is 0. The van der Waals surface area contributed by atoms with E-state index in [-0.39, 0.29) is 24.1 Å². The van der Waals surface area contributed by atoms with Gasteiger partial charge in [0.1, 0.15) is 12.1 Å². The van der Waals surface area contributed by atoms with Crippen LogP contribution in [0, 0.1) is 0 Å². The number of fused-ring (bicyclic) bond motifs is 1. The number of carbonyl (C=O) groups is 4. The van der Waals surface area contributed by atoms with E-state index in [4.69, 9.17) is 0 Å². The van der Waals surface area contributed by atoms with Crippen molar-refractivity contribution in [2.45, 2.75) is 38.0 Å². The van der Waals surface area contributed by atoms with Crippen molar-refractivity contribution < 1.29 is 19.2 Å². The number of carbonyl (C=O) groups excluding carboxylic acids is 4. The fraction of sp³-hybridized carbons (Fsp3) is 0.304. The molecule has 2 aromatic rings. The first-order valence-corrected chi connectivity index (χ1v) is 10.2. The molecule has 8 nitrogen and oxygen atoms in total. The first kappa shape index (κ1) is 20.7. The second-order valence-corrected chi connectivity index (χ2v) is 7.74. The van der Waals surface area contributed by atoms with Gasteiger partial charge in [-0.15, -0.1) is 0 Å². The summed E-state index contributed by atoms with van der Waals surface area (Å²) in [5.41, 5.74) is 3.11. The van der Waals surface area contributed by atoms with Gasteiger partial charge in [-0.2, -0.15) is 0 Å². The lowest BCUT2D eigenvalue weighted by Gasteiger charge is -2.29. The molecule has 2 heterocycles. The van der Waals surface area contributed by atoms with Crippen LogP contribution in [0.4, 0.5) is 0 Å². The molecule has 1 unspecified atom stereocenters. The monoisotopic (exact) mass is 420 g/mol. The molecular formula is C23H24N4O4. The Morgan fingerprint density at radius 1 is 1.16 bits per heavy atom. The molecule has 4 amide bonds. The van der Waals surface area contributed by atoms with Gasteiger partial charge in [-0.3, -0.25) is 24.5 Å². The topological polar surface area (TPSA) is 108 Å². The second kappa shape index (κ2) is 8.69. The molecule has 1 saturated heterocycles. The van der Waals surface area contributed by atoms with Crippen LogP contribution >= 0.6 is 0 Å². The van der Waals surface area contributed by atoms with Crippen LogP contribution in [-0.2, 0) is 27.5 Å². The Hall–Kier alpha value is -3.52. The molecule has 31 heavy (non-hydrogen) atoms. The Morgan fingerprint density at radius 3 is 2.65 bits per heavy atom. The highest BCUT2D eigenvalue weighted by Gasteiger charge is 2.39. The number of nitrogens with zero attached hydrogens (tertiary/aromatic N) is 1. The van der Waals surface area contributed by atoms with Gasteiger partial charge in [0.2, 0.25) is 17.7 Å². The Balaban J connectivity index is 1.42. The number of likely N-dealkylation sites (N-methyl/N-ethyl adjacent to an activating group) is 1. The average Bonchev–Trinajstić information content (AvgIpc) is 3.09. The quantitative estimate of drug-likeness (QED) is 0.605. The van der Waals surface area contributed by atoms with Crippen LogP contribution in [-0.4, -0.2) is 41.6 Å². The van der Waals surface area contributed by atoms with Crippen molar-refractivity contribution in [2.75, 3.05) is 7.05 Å². The summed E-state index contributed by atoms with van der Waals surface area (Å²) in [4.78, 5) is 50.5. The van der Waals surface area contributed by atoms with Gasteiger partial charge in [-0.05, 0) is 36.2 Å². The van der Waals surface area contributed by atoms with Crippen molar-refractivity contribution in [3.05, 3.63) is 70.8 Å². The maximum Gasteiger partial charge on any atom is 0.255 e. The summed E-state index contributed by atoms with van der Waals surface area (Å²) in [7, 11) is 1.74. The van der Waals surface area contributed by atoms with Crippen LogP contribution in [0.25, 0.3) is 0 Å². The van der Waals surface area contributed by atoms with Crippen molar-refractivity contribution in [1.82, 2.24) is 20.9 Å². The standard InChI is InChI=1S/C23H24N4O4/c1-24-20(15-5-3-2-4-6-15)22(30)25-12-14-7-8-17-16(11-14)13-27(23(17)31)18-9-10-19(28)26-21(18)29/h2-8,11,18,20,24H,9-10,12-13H2,1H3,(H,25,30)(H,26,28,29)/t18?,20-/m0/s1. The number of rotatable bonds is 6. The predicted molar refractivity (Wildman–Crippen MR) is 113 cm³/mol. The van der Waals surface area contributed by atoms with Gasteiger partial charge in [-0.1, -0.05) is 42.5 Å². The van der Waals surface area contributed by atoms with Gasteiger partial charge in [0, 0.05) is 25.1 Å². The molecule has 4 rings (SSSR count). The van der Waals surface area contributed by atoms with Crippen LogP contribution in [0.2, 0.25) is 0 Å². The molecule has 0 bridgehead atoms. The van der Waals surface area contributed by atoms with E-state index in [9.17, 15) is 19.2 Å². The molecule has 3 N–H and O–H groups in total. The summed E-state index contributed by atoms with van der Waals surface area (Å²) in [6.07, 6.45) is 0.556. The molecule has 0 aliphatic carbocycles. The fourth-order valence-electron chi connectivity index (χ4n) is 4.12. The Bertz CT molecular complexity index is 1040. The molecule has 1 fully saturated rings. The van der Waals surface area contributed by atoms with Gasteiger partial charge in [0.25, 0.3) is 5.91 Å². The predicted octanol–water partition coefficient (Wildman–Crippen LogP) is 1.02. The smallest absolute Gasteiger partial charge is 0.255 e. The molecule has 0 aromatic heterocycles. The molecule has 0 spiro atoms. The molecule has 2 aliphatic heterocycles. The van der Waals surface area contributed by atoms with Crippen molar-refractivity contribution in [1.29, 1.82) is 0 Å². The Kier molecular flexibility index (Phi) is 5.81. The Labute approximate surface area is 180 Å². The number of piperidine rings is 1. The lowest BCUT2D eigenvalue weighted by Crippen LogP contribution is -2.52. The summed E-state index contributed by atoms with van der Waals surface area (Å²) in [6, 6.07) is 13.8. The van der Waals surface area contributed by atoms with Crippen molar-refractivity contribution >= 4 is 23.6 Å². The largest absolute Gasteiger partial charge is 0.350 e. The highest BCUT2D eigenvalue weighted by atomic mass is 16.2. The van der Waals surface area contributed by atoms with Crippen LogP contribution in [0.5, 0.6) is 0 Å². The van der Waals surface area contributed by atoms with Crippen LogP contribution in [0.1, 0.15) is 45.9 Å². The van der Waals surface area contributed by atoms with Gasteiger partial charge in [-0.25, -0.2) is 0 Å². The first-order chi connectivity index (χ1) is 15.0. The average molecular weight is 420 g/mol. The van der Waals surface area contributed by atoms with Crippen molar-refractivity contribution in [3.63, 3.8) is 0 Å². The molecule has 160 valence electrons. The van der Waals surface area contributed by atoms with Crippen molar-refractivity contribution in [3.8, 4) is 0 Å². The molecule has 0 radical (unpaired) electrons. The van der Waals surface area contributed by atoms with E-state index in [1.54, 1.807) is 13.1 Å². The normalized spacial score (nSPS) is 19.1. The minimum absolute atomic E-state index is 0.143. The summed E-state index contributed by atoms with van der Waals surface area (Å²) in [5.74, 6) is -1.09. The highest BCUT2D eigenvalue weighted by molar-refractivity contribution is 6.05. The lowest BCUT2D eigenvalue weighted by atomic mass is 10.0. The van der Waals surface area contributed by atoms with Gasteiger partial charge in [0.15, 0.2) is 0 Å². The zero-order chi connectivity index (χ0) is 22.0. The summed E-state index contributed by atoms with van der Waals surface area (Å²) >= 11 is 0. The van der Waals surface area contributed by atoms with E-state index in [0.717, 1.165) is 16.7 Å². The first-order valence-electron chi connectivity index (χ1n) is 10.2. The zero-order valence-corrected chi connectivity index (χ0v) is 17.2. The lowest BCUT2D eigenvalue weighted by molar-refractivity contribution is -0.137. The third-order valence-corrected chi connectivity index (χ3v) is 5.74. The summed E-state index contributed by atoms with van der Waals surface area (Å²) in [6.45, 7) is 0.634. The number of benzene rings is 2.